The third-order valence-electron chi connectivity index (χ3n) is 3.42. The van der Waals surface area contributed by atoms with Crippen molar-refractivity contribution in [3.8, 4) is 0 Å². The fraction of sp³-hybridized carbons (Fsp3) is 0.600. The Kier molecular flexibility index (Phi) is 3.19. The van der Waals surface area contributed by atoms with Crippen LogP contribution in [0.15, 0.2) is 10.9 Å². The summed E-state index contributed by atoms with van der Waals surface area (Å²) < 4.78 is 1.55. The van der Waals surface area contributed by atoms with E-state index in [1.807, 2.05) is 53.7 Å². The van der Waals surface area contributed by atoms with Gasteiger partial charge in [0.25, 0.3) is 5.91 Å². The quantitative estimate of drug-likeness (QED) is 0.790. The first-order chi connectivity index (χ1) is 9.03. The van der Waals surface area contributed by atoms with Crippen LogP contribution in [-0.4, -0.2) is 32.4 Å². The summed E-state index contributed by atoms with van der Waals surface area (Å²) in [6, 6.07) is 0. The second-order valence-corrected chi connectivity index (χ2v) is 7.19. The lowest BCUT2D eigenvalue weighted by molar-refractivity contribution is 0.0600. The molecule has 5 nitrogen and oxygen atoms in total. The van der Waals surface area contributed by atoms with E-state index in [2.05, 4.69) is 4.98 Å². The summed E-state index contributed by atoms with van der Waals surface area (Å²) >= 11 is 0. The number of carbonyl (C=O) groups excluding carboxylic acids is 1. The van der Waals surface area contributed by atoms with E-state index in [1.165, 1.54) is 0 Å². The third-order valence-corrected chi connectivity index (χ3v) is 3.42. The highest BCUT2D eigenvalue weighted by atomic mass is 16.2. The number of nitrogens with zero attached hydrogens (tertiary/aromatic N) is 2. The van der Waals surface area contributed by atoms with Gasteiger partial charge in [-0.3, -0.25) is 9.36 Å². The molecule has 0 fully saturated rings. The van der Waals surface area contributed by atoms with E-state index in [1.54, 1.807) is 9.47 Å². The molecule has 0 unspecified atom stereocenters. The summed E-state index contributed by atoms with van der Waals surface area (Å²) in [6.07, 6.45) is 3.74. The Morgan fingerprint density at radius 3 is 2.15 bits per heavy atom. The van der Waals surface area contributed by atoms with Crippen LogP contribution in [0.3, 0.4) is 0 Å². The van der Waals surface area contributed by atoms with Crippen molar-refractivity contribution in [2.45, 2.75) is 52.6 Å². The summed E-state index contributed by atoms with van der Waals surface area (Å²) in [5.41, 5.74) is 0.0709. The van der Waals surface area contributed by atoms with Gasteiger partial charge in [0.2, 0.25) is 0 Å². The van der Waals surface area contributed by atoms with E-state index < -0.39 is 5.54 Å². The molecule has 1 aromatic rings. The zero-order chi connectivity index (χ0) is 15.3. The number of nitrogens with one attached hydrogen (secondary N) is 1. The Bertz CT molecular complexity index is 621. The largest absolute Gasteiger partial charge is 0.329 e. The van der Waals surface area contributed by atoms with E-state index in [0.29, 0.717) is 17.9 Å². The van der Waals surface area contributed by atoms with Crippen molar-refractivity contribution in [2.24, 2.45) is 0 Å². The van der Waals surface area contributed by atoms with Crippen LogP contribution in [0, 0.1) is 0 Å². The molecule has 0 saturated carbocycles. The van der Waals surface area contributed by atoms with Gasteiger partial charge in [0.05, 0.1) is 5.69 Å². The van der Waals surface area contributed by atoms with Crippen LogP contribution in [0.4, 0.5) is 0 Å². The van der Waals surface area contributed by atoms with Gasteiger partial charge >= 0.3 is 5.69 Å². The normalized spacial score (nSPS) is 16.3. The first-order valence-corrected chi connectivity index (χ1v) is 6.87. The lowest BCUT2D eigenvalue weighted by Crippen LogP contribution is -2.47. The SMILES string of the molecule is CC(C)(C)N1CC=Cc2[nH]c(=O)n(C(C)(C)C)c2C1=O. The van der Waals surface area contributed by atoms with E-state index in [9.17, 15) is 9.59 Å². The van der Waals surface area contributed by atoms with Gasteiger partial charge in [0.15, 0.2) is 0 Å². The summed E-state index contributed by atoms with van der Waals surface area (Å²) in [4.78, 5) is 29.6. The average Bonchev–Trinajstić information content (AvgIpc) is 2.50. The van der Waals surface area contributed by atoms with Crippen molar-refractivity contribution >= 4 is 12.0 Å². The van der Waals surface area contributed by atoms with Crippen molar-refractivity contribution < 1.29 is 4.79 Å². The number of hydrogen-bond acceptors (Lipinski definition) is 2. The summed E-state index contributed by atoms with van der Waals surface area (Å²) in [6.45, 7) is 12.3. The fourth-order valence-corrected chi connectivity index (χ4v) is 2.49. The van der Waals surface area contributed by atoms with Crippen LogP contribution in [0.2, 0.25) is 0 Å². The van der Waals surface area contributed by atoms with E-state index in [4.69, 9.17) is 0 Å². The predicted octanol–water partition coefficient (Wildman–Crippen LogP) is 2.20. The number of aromatic amines is 1. The molecule has 5 heteroatoms. The number of fused-ring (bicyclic) bond motifs is 1. The Morgan fingerprint density at radius 1 is 1.05 bits per heavy atom. The molecule has 0 aromatic carbocycles. The molecule has 2 heterocycles. The Hall–Kier alpha value is -1.78. The summed E-state index contributed by atoms with van der Waals surface area (Å²) in [7, 11) is 0. The third kappa shape index (κ3) is 2.32. The molecular weight excluding hydrogens is 254 g/mol. The van der Waals surface area contributed by atoms with E-state index in [-0.39, 0.29) is 17.1 Å². The number of amides is 1. The Balaban J connectivity index is 2.69. The van der Waals surface area contributed by atoms with Crippen LogP contribution in [0.5, 0.6) is 0 Å². The molecule has 110 valence electrons. The van der Waals surface area contributed by atoms with Gasteiger partial charge in [-0.25, -0.2) is 4.79 Å². The smallest absolute Gasteiger partial charge is 0.327 e. The van der Waals surface area contributed by atoms with Crippen LogP contribution in [-0.2, 0) is 5.54 Å². The van der Waals surface area contributed by atoms with Crippen LogP contribution in [0.25, 0.3) is 6.08 Å². The fourth-order valence-electron chi connectivity index (χ4n) is 2.49. The zero-order valence-corrected chi connectivity index (χ0v) is 13.1. The first-order valence-electron chi connectivity index (χ1n) is 6.87. The highest BCUT2D eigenvalue weighted by Gasteiger charge is 2.34. The van der Waals surface area contributed by atoms with Gasteiger partial charge in [0, 0.05) is 17.6 Å². The van der Waals surface area contributed by atoms with Crippen molar-refractivity contribution in [2.75, 3.05) is 6.54 Å². The average molecular weight is 277 g/mol. The maximum atomic E-state index is 12.9. The standard InChI is InChI=1S/C15H23N3O2/c1-14(2,3)17-9-7-8-10-11(12(17)19)18(13(20)16-10)15(4,5)6/h7-8H,9H2,1-6H3,(H,16,20). The molecule has 0 bridgehead atoms. The number of imidazole rings is 1. The molecule has 0 saturated heterocycles. The van der Waals surface area contributed by atoms with Gasteiger partial charge in [-0.05, 0) is 47.6 Å². The number of aromatic nitrogens is 2. The number of hydrogen-bond donors (Lipinski definition) is 1. The molecule has 20 heavy (non-hydrogen) atoms. The van der Waals surface area contributed by atoms with Crippen LogP contribution >= 0.6 is 0 Å². The van der Waals surface area contributed by atoms with Crippen molar-refractivity contribution in [1.29, 1.82) is 0 Å². The molecule has 1 N–H and O–H groups in total. The maximum Gasteiger partial charge on any atom is 0.327 e. The molecule has 0 radical (unpaired) electrons. The maximum absolute atomic E-state index is 12.9. The molecule has 1 amide bonds. The van der Waals surface area contributed by atoms with Crippen LogP contribution < -0.4 is 5.69 Å². The zero-order valence-electron chi connectivity index (χ0n) is 13.1. The second-order valence-electron chi connectivity index (χ2n) is 7.19. The minimum Gasteiger partial charge on any atom is -0.329 e. The predicted molar refractivity (Wildman–Crippen MR) is 79.9 cm³/mol. The lowest BCUT2D eigenvalue weighted by Gasteiger charge is -2.35. The topological polar surface area (TPSA) is 58.1 Å². The highest BCUT2D eigenvalue weighted by molar-refractivity contribution is 5.97. The minimum atomic E-state index is -0.446. The molecule has 1 aliphatic heterocycles. The van der Waals surface area contributed by atoms with Gasteiger partial charge in [-0.2, -0.15) is 0 Å². The van der Waals surface area contributed by atoms with Crippen molar-refractivity contribution in [3.05, 3.63) is 27.9 Å². The minimum absolute atomic E-state index is 0.106. The van der Waals surface area contributed by atoms with Gasteiger partial charge in [0.1, 0.15) is 5.69 Å². The molecular formula is C15H23N3O2. The molecule has 0 aliphatic carbocycles. The van der Waals surface area contributed by atoms with Crippen molar-refractivity contribution in [1.82, 2.24) is 14.5 Å². The van der Waals surface area contributed by atoms with E-state index in [0.717, 1.165) is 0 Å². The van der Waals surface area contributed by atoms with Crippen LogP contribution in [0.1, 0.15) is 57.7 Å². The van der Waals surface area contributed by atoms with E-state index >= 15 is 0 Å². The van der Waals surface area contributed by atoms with Gasteiger partial charge in [-0.1, -0.05) is 6.08 Å². The van der Waals surface area contributed by atoms with Gasteiger partial charge in [-0.15, -0.1) is 0 Å². The molecule has 2 rings (SSSR count). The summed E-state index contributed by atoms with van der Waals surface area (Å²) in [5.74, 6) is -0.106. The monoisotopic (exact) mass is 277 g/mol. The molecule has 1 aliphatic rings. The number of rotatable bonds is 0. The Morgan fingerprint density at radius 2 is 1.65 bits per heavy atom. The molecule has 1 aromatic heterocycles. The first kappa shape index (κ1) is 14.6. The Labute approximate surface area is 119 Å². The lowest BCUT2D eigenvalue weighted by atomic mass is 10.0. The second kappa shape index (κ2) is 4.36. The highest BCUT2D eigenvalue weighted by Crippen LogP contribution is 2.25. The summed E-state index contributed by atoms with van der Waals surface area (Å²) in [5, 5.41) is 0. The molecule has 0 spiro atoms. The molecule has 0 atom stereocenters. The number of H-pyrrole nitrogens is 1. The number of carbonyl (C=O) groups is 1. The van der Waals surface area contributed by atoms with Gasteiger partial charge < -0.3 is 9.88 Å². The van der Waals surface area contributed by atoms with Crippen molar-refractivity contribution in [3.63, 3.8) is 0 Å².